The standard InChI is InChI=1S/C16H18ClN3O4/c17-15-14(20-7-2-1-3-12(20)18-15)16(23)19(8-4-13(21)22)11-5-9-24-10-6-11/h1-3,7,11H,4-6,8-10H2,(H,21,22). The lowest BCUT2D eigenvalue weighted by Crippen LogP contribution is -2.45. The highest BCUT2D eigenvalue weighted by atomic mass is 35.5. The van der Waals surface area contributed by atoms with Gasteiger partial charge in [0.05, 0.1) is 6.42 Å². The van der Waals surface area contributed by atoms with Crippen LogP contribution in [0.4, 0.5) is 0 Å². The fraction of sp³-hybridized carbons (Fsp3) is 0.438. The number of hydrogen-bond donors (Lipinski definition) is 1. The van der Waals surface area contributed by atoms with Gasteiger partial charge in [0, 0.05) is 32.0 Å². The van der Waals surface area contributed by atoms with Gasteiger partial charge < -0.3 is 14.7 Å². The molecule has 1 N–H and O–H groups in total. The summed E-state index contributed by atoms with van der Waals surface area (Å²) in [6.07, 6.45) is 2.97. The molecule has 0 saturated carbocycles. The van der Waals surface area contributed by atoms with Gasteiger partial charge in [0.15, 0.2) is 10.8 Å². The number of imidazole rings is 1. The van der Waals surface area contributed by atoms with E-state index in [-0.39, 0.29) is 35.8 Å². The SMILES string of the molecule is O=C(O)CCN(C(=O)c1c(Cl)nc2ccccn12)C1CCOCC1. The molecule has 0 spiro atoms. The Kier molecular flexibility index (Phi) is 5.01. The third-order valence-electron chi connectivity index (χ3n) is 4.15. The number of hydrogen-bond acceptors (Lipinski definition) is 4. The van der Waals surface area contributed by atoms with E-state index in [0.29, 0.717) is 31.7 Å². The molecule has 0 aliphatic carbocycles. The van der Waals surface area contributed by atoms with Crippen molar-refractivity contribution < 1.29 is 19.4 Å². The number of carbonyl (C=O) groups is 2. The number of nitrogens with zero attached hydrogens (tertiary/aromatic N) is 3. The molecule has 3 rings (SSSR count). The van der Waals surface area contributed by atoms with Crippen molar-refractivity contribution in [1.29, 1.82) is 0 Å². The molecule has 2 aromatic rings. The zero-order valence-corrected chi connectivity index (χ0v) is 13.8. The van der Waals surface area contributed by atoms with Gasteiger partial charge in [0.1, 0.15) is 5.65 Å². The van der Waals surface area contributed by atoms with Crippen LogP contribution < -0.4 is 0 Å². The zero-order valence-electron chi connectivity index (χ0n) is 13.0. The van der Waals surface area contributed by atoms with E-state index in [9.17, 15) is 9.59 Å². The molecule has 0 aromatic carbocycles. The Hall–Kier alpha value is -2.12. The van der Waals surface area contributed by atoms with Crippen molar-refractivity contribution in [1.82, 2.24) is 14.3 Å². The van der Waals surface area contributed by atoms with Crippen molar-refractivity contribution in [3.8, 4) is 0 Å². The Labute approximate surface area is 143 Å². The first-order chi connectivity index (χ1) is 11.6. The average molecular weight is 352 g/mol. The molecule has 1 aliphatic rings. The second kappa shape index (κ2) is 7.19. The van der Waals surface area contributed by atoms with Gasteiger partial charge >= 0.3 is 5.97 Å². The van der Waals surface area contributed by atoms with Crippen molar-refractivity contribution in [2.24, 2.45) is 0 Å². The summed E-state index contributed by atoms with van der Waals surface area (Å²) in [6.45, 7) is 1.25. The highest BCUT2D eigenvalue weighted by Crippen LogP contribution is 2.23. The van der Waals surface area contributed by atoms with Crippen LogP contribution in [0.1, 0.15) is 29.8 Å². The van der Waals surface area contributed by atoms with E-state index in [1.165, 1.54) is 0 Å². The minimum Gasteiger partial charge on any atom is -0.481 e. The number of fused-ring (bicyclic) bond motifs is 1. The topological polar surface area (TPSA) is 84.1 Å². The van der Waals surface area contributed by atoms with Crippen LogP contribution in [0.5, 0.6) is 0 Å². The molecule has 1 saturated heterocycles. The molecule has 0 unspecified atom stereocenters. The summed E-state index contributed by atoms with van der Waals surface area (Å²) in [5.74, 6) is -1.24. The number of carboxylic acid groups (broad SMARTS) is 1. The highest BCUT2D eigenvalue weighted by Gasteiger charge is 2.30. The lowest BCUT2D eigenvalue weighted by Gasteiger charge is -2.34. The zero-order chi connectivity index (χ0) is 17.1. The highest BCUT2D eigenvalue weighted by molar-refractivity contribution is 6.32. The Morgan fingerprint density at radius 3 is 2.83 bits per heavy atom. The predicted molar refractivity (Wildman–Crippen MR) is 87.3 cm³/mol. The van der Waals surface area contributed by atoms with Gasteiger partial charge in [-0.15, -0.1) is 0 Å². The van der Waals surface area contributed by atoms with Crippen LogP contribution in [-0.4, -0.2) is 57.1 Å². The molecule has 0 bridgehead atoms. The maximum Gasteiger partial charge on any atom is 0.305 e. The quantitative estimate of drug-likeness (QED) is 0.891. The van der Waals surface area contributed by atoms with E-state index < -0.39 is 5.97 Å². The van der Waals surface area contributed by atoms with Crippen LogP contribution in [0.15, 0.2) is 24.4 Å². The Bertz CT molecular complexity index is 755. The van der Waals surface area contributed by atoms with Crippen molar-refractivity contribution in [3.05, 3.63) is 35.2 Å². The molecule has 8 heteroatoms. The van der Waals surface area contributed by atoms with Crippen molar-refractivity contribution in [2.45, 2.75) is 25.3 Å². The summed E-state index contributed by atoms with van der Waals surface area (Å²) < 4.78 is 6.98. The molecule has 1 amide bonds. The Morgan fingerprint density at radius 1 is 1.38 bits per heavy atom. The first-order valence-corrected chi connectivity index (χ1v) is 8.19. The summed E-state index contributed by atoms with van der Waals surface area (Å²) in [5, 5.41) is 9.12. The third kappa shape index (κ3) is 3.37. The van der Waals surface area contributed by atoms with Crippen molar-refractivity contribution in [3.63, 3.8) is 0 Å². The first-order valence-electron chi connectivity index (χ1n) is 7.81. The largest absolute Gasteiger partial charge is 0.481 e. The number of aromatic nitrogens is 2. The molecule has 0 atom stereocenters. The van der Waals surface area contributed by atoms with Crippen LogP contribution in [0, 0.1) is 0 Å². The molecule has 2 aromatic heterocycles. The summed E-state index contributed by atoms with van der Waals surface area (Å²) in [4.78, 5) is 29.9. The van der Waals surface area contributed by atoms with Crippen molar-refractivity contribution in [2.75, 3.05) is 19.8 Å². The fourth-order valence-corrected chi connectivity index (χ4v) is 3.22. The number of amides is 1. The smallest absolute Gasteiger partial charge is 0.305 e. The molecule has 7 nitrogen and oxygen atoms in total. The lowest BCUT2D eigenvalue weighted by atomic mass is 10.1. The summed E-state index contributed by atoms with van der Waals surface area (Å²) in [6, 6.07) is 5.31. The number of rotatable bonds is 5. The normalized spacial score (nSPS) is 15.5. The molecular formula is C16H18ClN3O4. The summed E-state index contributed by atoms with van der Waals surface area (Å²) in [5.41, 5.74) is 0.847. The van der Waals surface area contributed by atoms with Crippen LogP contribution in [0.25, 0.3) is 5.65 Å². The number of ether oxygens (including phenoxy) is 1. The summed E-state index contributed by atoms with van der Waals surface area (Å²) in [7, 11) is 0. The summed E-state index contributed by atoms with van der Waals surface area (Å²) >= 11 is 6.19. The van der Waals surface area contributed by atoms with E-state index >= 15 is 0 Å². The molecule has 3 heterocycles. The maximum atomic E-state index is 13.1. The molecule has 0 radical (unpaired) electrons. The number of pyridine rings is 1. The average Bonchev–Trinajstić information content (AvgIpc) is 2.91. The van der Waals surface area contributed by atoms with Gasteiger partial charge in [-0.05, 0) is 25.0 Å². The molecule has 128 valence electrons. The Balaban J connectivity index is 1.94. The molecule has 1 fully saturated rings. The van der Waals surface area contributed by atoms with Gasteiger partial charge in [0.2, 0.25) is 0 Å². The lowest BCUT2D eigenvalue weighted by molar-refractivity contribution is -0.137. The van der Waals surface area contributed by atoms with Crippen LogP contribution in [0.3, 0.4) is 0 Å². The van der Waals surface area contributed by atoms with Crippen LogP contribution >= 0.6 is 11.6 Å². The molecule has 1 aliphatic heterocycles. The first kappa shape index (κ1) is 16.7. The van der Waals surface area contributed by atoms with Gasteiger partial charge in [-0.3, -0.25) is 14.0 Å². The number of halogens is 1. The van der Waals surface area contributed by atoms with E-state index in [2.05, 4.69) is 4.98 Å². The fourth-order valence-electron chi connectivity index (χ4n) is 2.96. The predicted octanol–water partition coefficient (Wildman–Crippen LogP) is 2.08. The second-order valence-corrected chi connectivity index (χ2v) is 6.02. The van der Waals surface area contributed by atoms with Gasteiger partial charge in [-0.25, -0.2) is 4.98 Å². The molecular weight excluding hydrogens is 334 g/mol. The van der Waals surface area contributed by atoms with Crippen molar-refractivity contribution >= 4 is 29.1 Å². The number of carbonyl (C=O) groups excluding carboxylic acids is 1. The number of aliphatic carboxylic acids is 1. The third-order valence-corrected chi connectivity index (χ3v) is 4.41. The minimum atomic E-state index is -0.941. The number of carboxylic acids is 1. The van der Waals surface area contributed by atoms with E-state index in [0.717, 1.165) is 0 Å². The second-order valence-electron chi connectivity index (χ2n) is 5.67. The van der Waals surface area contributed by atoms with Gasteiger partial charge in [-0.1, -0.05) is 17.7 Å². The van der Waals surface area contributed by atoms with Crippen LogP contribution in [-0.2, 0) is 9.53 Å². The maximum absolute atomic E-state index is 13.1. The van der Waals surface area contributed by atoms with Gasteiger partial charge in [-0.2, -0.15) is 0 Å². The van der Waals surface area contributed by atoms with E-state index in [4.69, 9.17) is 21.4 Å². The van der Waals surface area contributed by atoms with Gasteiger partial charge in [0.25, 0.3) is 5.91 Å². The van der Waals surface area contributed by atoms with E-state index in [1.54, 1.807) is 27.6 Å². The van der Waals surface area contributed by atoms with E-state index in [1.807, 2.05) is 6.07 Å². The minimum absolute atomic E-state index is 0.0593. The Morgan fingerprint density at radius 2 is 2.12 bits per heavy atom. The monoisotopic (exact) mass is 351 g/mol. The van der Waals surface area contributed by atoms with Crippen LogP contribution in [0.2, 0.25) is 5.15 Å². The molecule has 24 heavy (non-hydrogen) atoms.